The molecule has 2 aromatic rings. The van der Waals surface area contributed by atoms with E-state index in [-0.39, 0.29) is 30.1 Å². The molecule has 2 N–H and O–H groups in total. The highest BCUT2D eigenvalue weighted by molar-refractivity contribution is 6.31. The summed E-state index contributed by atoms with van der Waals surface area (Å²) in [7, 11) is 0. The molecule has 30 heavy (non-hydrogen) atoms. The highest BCUT2D eigenvalue weighted by Crippen LogP contribution is 2.24. The molecule has 0 unspecified atom stereocenters. The van der Waals surface area contributed by atoms with Crippen molar-refractivity contribution in [1.82, 2.24) is 4.90 Å². The van der Waals surface area contributed by atoms with Crippen LogP contribution in [0.4, 0.5) is 11.4 Å². The van der Waals surface area contributed by atoms with Gasteiger partial charge in [-0.15, -0.1) is 0 Å². The minimum atomic E-state index is -0.344. The van der Waals surface area contributed by atoms with Crippen LogP contribution < -0.4 is 10.6 Å². The fourth-order valence-electron chi connectivity index (χ4n) is 3.40. The normalized spacial score (nSPS) is 15.9. The van der Waals surface area contributed by atoms with Gasteiger partial charge in [0.05, 0.1) is 5.92 Å². The van der Waals surface area contributed by atoms with Crippen molar-refractivity contribution in [3.05, 3.63) is 58.6 Å². The lowest BCUT2D eigenvalue weighted by atomic mass is 10.1. The van der Waals surface area contributed by atoms with Gasteiger partial charge in [-0.3, -0.25) is 14.4 Å². The number of hydrogen-bond donors (Lipinski definition) is 2. The molecule has 0 spiro atoms. The Bertz CT molecular complexity index is 943. The molecule has 1 saturated heterocycles. The second-order valence-electron chi connectivity index (χ2n) is 7.53. The lowest BCUT2D eigenvalue weighted by molar-refractivity contribution is -0.128. The van der Waals surface area contributed by atoms with Gasteiger partial charge in [-0.1, -0.05) is 31.0 Å². The fraction of sp³-hybridized carbons (Fsp3) is 0.348. The summed E-state index contributed by atoms with van der Waals surface area (Å²) < 4.78 is 0. The van der Waals surface area contributed by atoms with Gasteiger partial charge in [0.1, 0.15) is 0 Å². The highest BCUT2D eigenvalue weighted by atomic mass is 35.5. The van der Waals surface area contributed by atoms with Gasteiger partial charge in [0.15, 0.2) is 0 Å². The zero-order chi connectivity index (χ0) is 21.7. The molecule has 3 rings (SSSR count). The summed E-state index contributed by atoms with van der Waals surface area (Å²) in [6.45, 7) is 5.08. The number of rotatable bonds is 7. The number of hydrogen-bond acceptors (Lipinski definition) is 3. The van der Waals surface area contributed by atoms with Gasteiger partial charge in [-0.2, -0.15) is 0 Å². The summed E-state index contributed by atoms with van der Waals surface area (Å²) >= 11 is 6.09. The van der Waals surface area contributed by atoms with Gasteiger partial charge in [0, 0.05) is 41.5 Å². The van der Waals surface area contributed by atoms with E-state index in [1.807, 2.05) is 6.92 Å². The molecular weight excluding hydrogens is 402 g/mol. The van der Waals surface area contributed by atoms with Crippen LogP contribution in [0.3, 0.4) is 0 Å². The lowest BCUT2D eigenvalue weighted by Crippen LogP contribution is -2.29. The number of nitrogens with one attached hydrogen (secondary N) is 2. The Hall–Kier alpha value is -2.86. The fourth-order valence-corrected chi connectivity index (χ4v) is 3.57. The first-order valence-corrected chi connectivity index (χ1v) is 10.5. The van der Waals surface area contributed by atoms with Gasteiger partial charge in [-0.25, -0.2) is 0 Å². The second kappa shape index (κ2) is 9.76. The summed E-state index contributed by atoms with van der Waals surface area (Å²) in [5.74, 6) is -0.740. The monoisotopic (exact) mass is 427 g/mol. The van der Waals surface area contributed by atoms with Gasteiger partial charge in [0.25, 0.3) is 5.91 Å². The summed E-state index contributed by atoms with van der Waals surface area (Å²) in [6, 6.07) is 12.0. The van der Waals surface area contributed by atoms with Gasteiger partial charge >= 0.3 is 0 Å². The van der Waals surface area contributed by atoms with Crippen LogP contribution in [0.25, 0.3) is 0 Å². The second-order valence-corrected chi connectivity index (χ2v) is 7.93. The largest absolute Gasteiger partial charge is 0.342 e. The predicted molar refractivity (Wildman–Crippen MR) is 119 cm³/mol. The molecule has 158 valence electrons. The van der Waals surface area contributed by atoms with E-state index in [2.05, 4.69) is 17.6 Å². The first kappa shape index (κ1) is 21.8. The number of carbonyl (C=O) groups excluding carboxylic acids is 3. The minimum Gasteiger partial charge on any atom is -0.342 e. The van der Waals surface area contributed by atoms with Gasteiger partial charge in [0.2, 0.25) is 11.8 Å². The molecule has 0 radical (unpaired) electrons. The van der Waals surface area contributed by atoms with Crippen molar-refractivity contribution in [3.8, 4) is 0 Å². The Labute approximate surface area is 181 Å². The molecule has 0 aliphatic carbocycles. The van der Waals surface area contributed by atoms with Crippen molar-refractivity contribution in [2.75, 3.05) is 23.7 Å². The first-order valence-electron chi connectivity index (χ1n) is 10.1. The maximum Gasteiger partial charge on any atom is 0.255 e. The van der Waals surface area contributed by atoms with Crippen molar-refractivity contribution in [2.45, 2.75) is 33.1 Å². The summed E-state index contributed by atoms with van der Waals surface area (Å²) in [6.07, 6.45) is 2.20. The third-order valence-electron chi connectivity index (χ3n) is 5.30. The van der Waals surface area contributed by atoms with Crippen molar-refractivity contribution >= 4 is 40.7 Å². The van der Waals surface area contributed by atoms with E-state index in [0.717, 1.165) is 18.4 Å². The maximum atomic E-state index is 12.5. The zero-order valence-electron chi connectivity index (χ0n) is 17.2. The van der Waals surface area contributed by atoms with E-state index in [1.54, 1.807) is 47.4 Å². The van der Waals surface area contributed by atoms with Crippen LogP contribution >= 0.6 is 11.6 Å². The molecule has 0 saturated carbocycles. The number of anilines is 2. The molecule has 3 amide bonds. The van der Waals surface area contributed by atoms with E-state index >= 15 is 0 Å². The van der Waals surface area contributed by atoms with Crippen LogP contribution in [0.5, 0.6) is 0 Å². The smallest absolute Gasteiger partial charge is 0.255 e. The highest BCUT2D eigenvalue weighted by Gasteiger charge is 2.33. The van der Waals surface area contributed by atoms with E-state index in [0.29, 0.717) is 35.1 Å². The van der Waals surface area contributed by atoms with E-state index in [1.165, 1.54) is 0 Å². The Morgan fingerprint density at radius 2 is 1.87 bits per heavy atom. The molecule has 7 heteroatoms. The third kappa shape index (κ3) is 5.19. The van der Waals surface area contributed by atoms with Crippen molar-refractivity contribution < 1.29 is 14.4 Å². The molecular formula is C23H26ClN3O3. The Kier molecular flexibility index (Phi) is 7.11. The Morgan fingerprint density at radius 3 is 2.57 bits per heavy atom. The van der Waals surface area contributed by atoms with Crippen molar-refractivity contribution in [2.24, 2.45) is 5.92 Å². The summed E-state index contributed by atoms with van der Waals surface area (Å²) in [5.41, 5.74) is 2.52. The minimum absolute atomic E-state index is 0.0342. The van der Waals surface area contributed by atoms with Crippen molar-refractivity contribution in [3.63, 3.8) is 0 Å². The summed E-state index contributed by atoms with van der Waals surface area (Å²) in [4.78, 5) is 38.8. The zero-order valence-corrected chi connectivity index (χ0v) is 18.0. The first-order chi connectivity index (χ1) is 14.4. The number of halogens is 1. The lowest BCUT2D eigenvalue weighted by Gasteiger charge is -2.16. The van der Waals surface area contributed by atoms with Crippen LogP contribution in [-0.4, -0.2) is 35.7 Å². The number of unbranched alkanes of at least 4 members (excludes halogenated alkanes) is 1. The quantitative estimate of drug-likeness (QED) is 0.683. The molecule has 2 aromatic carbocycles. The average molecular weight is 428 g/mol. The predicted octanol–water partition coefficient (Wildman–Crippen LogP) is 4.49. The number of likely N-dealkylation sites (tertiary alicyclic amines) is 1. The molecule has 1 aliphatic heterocycles. The van der Waals surface area contributed by atoms with Crippen molar-refractivity contribution in [1.29, 1.82) is 0 Å². The van der Waals surface area contributed by atoms with Crippen LogP contribution in [0.2, 0.25) is 5.02 Å². The molecule has 1 aliphatic rings. The number of nitrogens with zero attached hydrogens (tertiary/aromatic N) is 1. The Morgan fingerprint density at radius 1 is 1.13 bits per heavy atom. The standard InChI is InChI=1S/C23H26ClN3O3/c1-3-4-12-27-14-17(13-21(27)28)23(30)25-18-10-8-16(9-11-18)22(29)26-20-7-5-6-19(24)15(20)2/h5-11,17H,3-4,12-14H2,1-2H3,(H,25,30)(H,26,29)/t17-/m0/s1. The maximum absolute atomic E-state index is 12.5. The van der Waals surface area contributed by atoms with E-state index < -0.39 is 0 Å². The van der Waals surface area contributed by atoms with E-state index in [9.17, 15) is 14.4 Å². The van der Waals surface area contributed by atoms with Gasteiger partial charge < -0.3 is 15.5 Å². The SMILES string of the molecule is CCCCN1C[C@@H](C(=O)Nc2ccc(C(=O)Nc3cccc(Cl)c3C)cc2)CC1=O. The number of amides is 3. The topological polar surface area (TPSA) is 78.5 Å². The molecule has 1 fully saturated rings. The third-order valence-corrected chi connectivity index (χ3v) is 5.71. The average Bonchev–Trinajstić information content (AvgIpc) is 3.11. The van der Waals surface area contributed by atoms with Crippen LogP contribution in [0.15, 0.2) is 42.5 Å². The van der Waals surface area contributed by atoms with Crippen LogP contribution in [-0.2, 0) is 9.59 Å². The molecule has 0 bridgehead atoms. The summed E-state index contributed by atoms with van der Waals surface area (Å²) in [5, 5.41) is 6.28. The molecule has 1 heterocycles. The Balaban J connectivity index is 1.58. The van der Waals surface area contributed by atoms with Crippen LogP contribution in [0, 0.1) is 12.8 Å². The number of carbonyl (C=O) groups is 3. The molecule has 6 nitrogen and oxygen atoms in total. The van der Waals surface area contributed by atoms with Gasteiger partial charge in [-0.05, 0) is 55.3 Å². The van der Waals surface area contributed by atoms with Crippen LogP contribution in [0.1, 0.15) is 42.1 Å². The number of benzene rings is 2. The molecule has 1 atom stereocenters. The molecule has 0 aromatic heterocycles. The van der Waals surface area contributed by atoms with E-state index in [4.69, 9.17) is 11.6 Å².